The minimum Gasteiger partial charge on any atom is -0.353 e. The quantitative estimate of drug-likeness (QED) is 0.771. The van der Waals surface area contributed by atoms with Gasteiger partial charge in [-0.05, 0) is 12.8 Å². The van der Waals surface area contributed by atoms with Gasteiger partial charge in [-0.1, -0.05) is 13.8 Å². The Morgan fingerprint density at radius 3 is 2.33 bits per heavy atom. The fourth-order valence-corrected chi connectivity index (χ4v) is 2.35. The van der Waals surface area contributed by atoms with Gasteiger partial charge in [0.1, 0.15) is 0 Å². The first-order chi connectivity index (χ1) is 7.00. The SMILES string of the molecule is CC(C)C(=O)NC1CCN(S(C)=O)CC1. The molecule has 5 heteroatoms. The molecule has 0 saturated carbocycles. The molecule has 0 aromatic heterocycles. The first-order valence-corrected chi connectivity index (χ1v) is 6.91. The molecule has 0 aromatic rings. The zero-order valence-electron chi connectivity index (χ0n) is 9.66. The van der Waals surface area contributed by atoms with Crippen molar-refractivity contribution in [2.24, 2.45) is 5.92 Å². The lowest BCUT2D eigenvalue weighted by Gasteiger charge is -2.30. The number of carbonyl (C=O) groups is 1. The molecule has 0 bridgehead atoms. The van der Waals surface area contributed by atoms with Crippen LogP contribution in [0.2, 0.25) is 0 Å². The van der Waals surface area contributed by atoms with Crippen molar-refractivity contribution in [3.63, 3.8) is 0 Å². The Balaban J connectivity index is 2.32. The average Bonchev–Trinajstić information content (AvgIpc) is 2.18. The summed E-state index contributed by atoms with van der Waals surface area (Å²) in [7, 11) is -0.868. The van der Waals surface area contributed by atoms with Crippen molar-refractivity contribution in [2.45, 2.75) is 32.7 Å². The van der Waals surface area contributed by atoms with E-state index in [1.54, 1.807) is 6.26 Å². The van der Waals surface area contributed by atoms with Crippen molar-refractivity contribution in [1.82, 2.24) is 9.62 Å². The van der Waals surface area contributed by atoms with Gasteiger partial charge in [0.15, 0.2) is 0 Å². The molecular weight excluding hydrogens is 212 g/mol. The lowest BCUT2D eigenvalue weighted by Crippen LogP contribution is -2.45. The van der Waals surface area contributed by atoms with Crippen LogP contribution < -0.4 is 5.32 Å². The maximum atomic E-state index is 11.4. The summed E-state index contributed by atoms with van der Waals surface area (Å²) in [5.41, 5.74) is 0. The van der Waals surface area contributed by atoms with Crippen LogP contribution in [0.25, 0.3) is 0 Å². The van der Waals surface area contributed by atoms with Crippen LogP contribution in [0.5, 0.6) is 0 Å². The highest BCUT2D eigenvalue weighted by molar-refractivity contribution is 7.81. The maximum Gasteiger partial charge on any atom is 0.222 e. The van der Waals surface area contributed by atoms with Crippen LogP contribution in [-0.4, -0.2) is 39.8 Å². The number of hydrogen-bond donors (Lipinski definition) is 1. The van der Waals surface area contributed by atoms with E-state index in [4.69, 9.17) is 0 Å². The highest BCUT2D eigenvalue weighted by Crippen LogP contribution is 2.11. The van der Waals surface area contributed by atoms with Crippen molar-refractivity contribution in [2.75, 3.05) is 19.3 Å². The number of nitrogens with one attached hydrogen (secondary N) is 1. The molecule has 0 radical (unpaired) electrons. The summed E-state index contributed by atoms with van der Waals surface area (Å²) in [5.74, 6) is 0.161. The second kappa shape index (κ2) is 5.61. The van der Waals surface area contributed by atoms with Crippen LogP contribution in [0.4, 0.5) is 0 Å². The zero-order chi connectivity index (χ0) is 11.4. The van der Waals surface area contributed by atoms with Gasteiger partial charge in [0.05, 0.1) is 11.0 Å². The molecule has 1 aliphatic heterocycles. The number of amides is 1. The standard InChI is InChI=1S/C10H20N2O2S/c1-8(2)10(13)11-9-4-6-12(7-5-9)15(3)14/h8-9H,4-7H2,1-3H3,(H,11,13). The highest BCUT2D eigenvalue weighted by atomic mass is 32.2. The molecule has 15 heavy (non-hydrogen) atoms. The molecule has 1 atom stereocenters. The third kappa shape index (κ3) is 3.91. The van der Waals surface area contributed by atoms with E-state index in [0.717, 1.165) is 25.9 Å². The molecule has 4 nitrogen and oxygen atoms in total. The summed E-state index contributed by atoms with van der Waals surface area (Å²) in [6.45, 7) is 5.41. The topological polar surface area (TPSA) is 49.4 Å². The molecule has 0 aliphatic carbocycles. The summed E-state index contributed by atoms with van der Waals surface area (Å²) in [6, 6.07) is 0.264. The van der Waals surface area contributed by atoms with Gasteiger partial charge in [0.2, 0.25) is 5.91 Å². The van der Waals surface area contributed by atoms with Gasteiger partial charge in [0, 0.05) is 31.3 Å². The monoisotopic (exact) mass is 232 g/mol. The minimum atomic E-state index is -0.868. The smallest absolute Gasteiger partial charge is 0.222 e. The van der Waals surface area contributed by atoms with Gasteiger partial charge in [0.25, 0.3) is 0 Å². The van der Waals surface area contributed by atoms with Crippen LogP contribution in [0, 0.1) is 5.92 Å². The predicted molar refractivity (Wildman–Crippen MR) is 61.6 cm³/mol. The number of hydrogen-bond acceptors (Lipinski definition) is 2. The van der Waals surface area contributed by atoms with Crippen molar-refractivity contribution in [1.29, 1.82) is 0 Å². The number of carbonyl (C=O) groups excluding carboxylic acids is 1. The van der Waals surface area contributed by atoms with Gasteiger partial charge in [-0.25, -0.2) is 8.51 Å². The van der Waals surface area contributed by atoms with Crippen LogP contribution >= 0.6 is 0 Å². The summed E-state index contributed by atoms with van der Waals surface area (Å²) in [4.78, 5) is 11.4. The lowest BCUT2D eigenvalue weighted by molar-refractivity contribution is -0.124. The Morgan fingerprint density at radius 1 is 1.40 bits per heavy atom. The Morgan fingerprint density at radius 2 is 1.93 bits per heavy atom. The van der Waals surface area contributed by atoms with Crippen LogP contribution in [0.15, 0.2) is 0 Å². The highest BCUT2D eigenvalue weighted by Gasteiger charge is 2.22. The van der Waals surface area contributed by atoms with Gasteiger partial charge < -0.3 is 5.32 Å². The van der Waals surface area contributed by atoms with E-state index in [1.165, 1.54) is 0 Å². The summed E-state index contributed by atoms with van der Waals surface area (Å²) >= 11 is 0. The molecular formula is C10H20N2O2S. The molecule has 1 heterocycles. The number of nitrogens with zero attached hydrogens (tertiary/aromatic N) is 1. The van der Waals surface area contributed by atoms with Gasteiger partial charge in [-0.3, -0.25) is 4.79 Å². The second-order valence-corrected chi connectivity index (χ2v) is 5.65. The first-order valence-electron chi connectivity index (χ1n) is 5.39. The first kappa shape index (κ1) is 12.6. The van der Waals surface area contributed by atoms with E-state index in [0.29, 0.717) is 0 Å². The molecule has 1 aliphatic rings. The summed E-state index contributed by atoms with van der Waals surface area (Å²) < 4.78 is 13.1. The molecule has 1 fully saturated rings. The molecule has 1 rings (SSSR count). The summed E-state index contributed by atoms with van der Waals surface area (Å²) in [5, 5.41) is 3.01. The van der Waals surface area contributed by atoms with Crippen LogP contribution in [0.1, 0.15) is 26.7 Å². The van der Waals surface area contributed by atoms with Crippen LogP contribution in [-0.2, 0) is 15.8 Å². The van der Waals surface area contributed by atoms with E-state index in [9.17, 15) is 9.00 Å². The van der Waals surface area contributed by atoms with Crippen LogP contribution in [0.3, 0.4) is 0 Å². The predicted octanol–water partition coefficient (Wildman–Crippen LogP) is 0.516. The van der Waals surface area contributed by atoms with E-state index in [1.807, 2.05) is 18.2 Å². The Kier molecular flexibility index (Phi) is 4.73. The normalized spacial score (nSPS) is 21.6. The third-order valence-electron chi connectivity index (χ3n) is 2.69. The summed E-state index contributed by atoms with van der Waals surface area (Å²) in [6.07, 6.45) is 3.50. The molecule has 1 N–H and O–H groups in total. The van der Waals surface area contributed by atoms with Crippen molar-refractivity contribution < 1.29 is 9.00 Å². The molecule has 0 aromatic carbocycles. The van der Waals surface area contributed by atoms with Crippen molar-refractivity contribution >= 4 is 16.9 Å². The minimum absolute atomic E-state index is 0.0448. The van der Waals surface area contributed by atoms with E-state index in [2.05, 4.69) is 5.32 Å². The molecule has 88 valence electrons. The maximum absolute atomic E-state index is 11.4. The lowest BCUT2D eigenvalue weighted by atomic mass is 10.1. The Hall–Kier alpha value is -0.420. The van der Waals surface area contributed by atoms with E-state index >= 15 is 0 Å². The molecule has 0 spiro atoms. The molecule has 1 saturated heterocycles. The average molecular weight is 232 g/mol. The van der Waals surface area contributed by atoms with Gasteiger partial charge in [-0.15, -0.1) is 0 Å². The fourth-order valence-electron chi connectivity index (χ4n) is 1.63. The van der Waals surface area contributed by atoms with E-state index in [-0.39, 0.29) is 17.9 Å². The van der Waals surface area contributed by atoms with Gasteiger partial charge in [-0.2, -0.15) is 0 Å². The van der Waals surface area contributed by atoms with E-state index < -0.39 is 11.0 Å². The zero-order valence-corrected chi connectivity index (χ0v) is 10.5. The molecule has 1 unspecified atom stereocenters. The Bertz CT molecular complexity index is 248. The van der Waals surface area contributed by atoms with Crippen molar-refractivity contribution in [3.8, 4) is 0 Å². The van der Waals surface area contributed by atoms with Gasteiger partial charge >= 0.3 is 0 Å². The van der Waals surface area contributed by atoms with Crippen molar-refractivity contribution in [3.05, 3.63) is 0 Å². The fraction of sp³-hybridized carbons (Fsp3) is 0.900. The molecule has 1 amide bonds. The number of piperidine rings is 1. The third-order valence-corrected chi connectivity index (χ3v) is 3.78. The second-order valence-electron chi connectivity index (χ2n) is 4.29. The number of rotatable bonds is 3. The Labute approximate surface area is 94.0 Å². The largest absolute Gasteiger partial charge is 0.353 e.